The Labute approximate surface area is 183 Å². The molecule has 1 amide bonds. The number of fused-ring (bicyclic) bond motifs is 3. The van der Waals surface area contributed by atoms with Gasteiger partial charge in [-0.05, 0) is 31.6 Å². The number of ether oxygens (including phenoxy) is 1. The summed E-state index contributed by atoms with van der Waals surface area (Å²) in [6.07, 6.45) is -2.38. The fourth-order valence-electron chi connectivity index (χ4n) is 5.54. The molecular formula is C21H28F3N5O3. The van der Waals surface area contributed by atoms with E-state index in [1.807, 2.05) is 4.90 Å². The molecule has 32 heavy (non-hydrogen) atoms. The Hall–Kier alpha value is -2.30. The van der Waals surface area contributed by atoms with Crippen molar-refractivity contribution in [2.45, 2.75) is 63.5 Å². The Balaban J connectivity index is 1.45. The summed E-state index contributed by atoms with van der Waals surface area (Å²) < 4.78 is 49.0. The van der Waals surface area contributed by atoms with Crippen molar-refractivity contribution < 1.29 is 22.7 Å². The topological polar surface area (TPSA) is 70.9 Å². The molecule has 5 rings (SSSR count). The number of likely N-dealkylation sites (tertiary alicyclic amines) is 1. The first-order valence-corrected chi connectivity index (χ1v) is 11.3. The van der Waals surface area contributed by atoms with Crippen molar-refractivity contribution in [1.82, 2.24) is 14.5 Å². The van der Waals surface area contributed by atoms with Crippen LogP contribution in [0.15, 0.2) is 10.9 Å². The molecular weight excluding hydrogens is 427 g/mol. The number of hydrogen-bond acceptors (Lipinski definition) is 6. The zero-order chi connectivity index (χ0) is 22.6. The van der Waals surface area contributed by atoms with Crippen LogP contribution in [0.2, 0.25) is 0 Å². The van der Waals surface area contributed by atoms with Gasteiger partial charge in [-0.15, -0.1) is 0 Å². The monoisotopic (exact) mass is 455 g/mol. The van der Waals surface area contributed by atoms with E-state index in [9.17, 15) is 22.8 Å². The summed E-state index contributed by atoms with van der Waals surface area (Å²) in [7, 11) is 0. The molecule has 1 aromatic rings. The van der Waals surface area contributed by atoms with Crippen LogP contribution in [0, 0.1) is 5.92 Å². The number of halogens is 3. The number of carbonyl (C=O) groups is 1. The number of anilines is 2. The molecule has 11 heteroatoms. The molecule has 0 radical (unpaired) electrons. The summed E-state index contributed by atoms with van der Waals surface area (Å²) in [5, 5.41) is 0. The maximum Gasteiger partial charge on any atom is 0.408 e. The van der Waals surface area contributed by atoms with Gasteiger partial charge in [0.05, 0.1) is 18.8 Å². The number of alkyl halides is 3. The van der Waals surface area contributed by atoms with Crippen molar-refractivity contribution in [3.05, 3.63) is 16.4 Å². The Morgan fingerprint density at radius 2 is 1.97 bits per heavy atom. The van der Waals surface area contributed by atoms with E-state index in [1.165, 1.54) is 22.5 Å². The van der Waals surface area contributed by atoms with Gasteiger partial charge in [-0.3, -0.25) is 14.2 Å². The van der Waals surface area contributed by atoms with Gasteiger partial charge in [-0.2, -0.15) is 18.2 Å². The summed E-state index contributed by atoms with van der Waals surface area (Å²) >= 11 is 0. The average Bonchev–Trinajstić information content (AvgIpc) is 3.37. The third kappa shape index (κ3) is 3.84. The van der Waals surface area contributed by atoms with Gasteiger partial charge in [0.15, 0.2) is 0 Å². The van der Waals surface area contributed by atoms with Crippen LogP contribution in [0.4, 0.5) is 24.9 Å². The van der Waals surface area contributed by atoms with Crippen molar-refractivity contribution in [3.63, 3.8) is 0 Å². The summed E-state index contributed by atoms with van der Waals surface area (Å²) in [4.78, 5) is 34.1. The molecule has 0 N–H and O–H groups in total. The molecule has 0 spiro atoms. The molecule has 3 atom stereocenters. The fourth-order valence-corrected chi connectivity index (χ4v) is 5.54. The van der Waals surface area contributed by atoms with Gasteiger partial charge in [-0.25, -0.2) is 0 Å². The fraction of sp³-hybridized carbons (Fsp3) is 0.762. The van der Waals surface area contributed by atoms with Gasteiger partial charge in [0.25, 0.3) is 5.56 Å². The SMILES string of the molecule is CC(=O)N1CCC(CN2c3nc(N4CC5CC4CO5)cc(=O)n3CC[C@H]2C(F)(F)F)CC1. The number of hydrogen-bond donors (Lipinski definition) is 0. The number of nitrogens with zero attached hydrogens (tertiary/aromatic N) is 5. The average molecular weight is 455 g/mol. The highest BCUT2D eigenvalue weighted by molar-refractivity contribution is 5.73. The highest BCUT2D eigenvalue weighted by Gasteiger charge is 2.48. The van der Waals surface area contributed by atoms with E-state index in [0.717, 1.165) is 6.42 Å². The maximum atomic E-state index is 14.0. The van der Waals surface area contributed by atoms with Crippen LogP contribution in [0.25, 0.3) is 0 Å². The Bertz CT molecular complexity index is 944. The molecule has 0 aliphatic carbocycles. The van der Waals surface area contributed by atoms with Crippen LogP contribution < -0.4 is 15.4 Å². The van der Waals surface area contributed by atoms with Crippen LogP contribution in [-0.4, -0.2) is 77.5 Å². The van der Waals surface area contributed by atoms with E-state index in [0.29, 0.717) is 44.9 Å². The van der Waals surface area contributed by atoms with Crippen molar-refractivity contribution in [2.75, 3.05) is 42.6 Å². The van der Waals surface area contributed by atoms with Gasteiger partial charge in [0, 0.05) is 45.7 Å². The minimum atomic E-state index is -4.42. The maximum absolute atomic E-state index is 14.0. The van der Waals surface area contributed by atoms with E-state index in [-0.39, 0.29) is 55.0 Å². The lowest BCUT2D eigenvalue weighted by molar-refractivity contribution is -0.153. The van der Waals surface area contributed by atoms with Crippen LogP contribution in [0.5, 0.6) is 0 Å². The van der Waals surface area contributed by atoms with E-state index < -0.39 is 12.2 Å². The van der Waals surface area contributed by atoms with Gasteiger partial charge >= 0.3 is 6.18 Å². The number of rotatable bonds is 3. The second kappa shape index (κ2) is 7.93. The molecule has 4 aliphatic heterocycles. The molecule has 176 valence electrons. The van der Waals surface area contributed by atoms with Crippen LogP contribution >= 0.6 is 0 Å². The Morgan fingerprint density at radius 3 is 2.56 bits per heavy atom. The first-order chi connectivity index (χ1) is 15.2. The number of morpholine rings is 1. The van der Waals surface area contributed by atoms with Crippen molar-refractivity contribution >= 4 is 17.7 Å². The Kier molecular flexibility index (Phi) is 5.34. The van der Waals surface area contributed by atoms with E-state index in [4.69, 9.17) is 4.74 Å². The van der Waals surface area contributed by atoms with Gasteiger partial charge in [0.2, 0.25) is 11.9 Å². The molecule has 0 saturated carbocycles. The van der Waals surface area contributed by atoms with Crippen LogP contribution in [-0.2, 0) is 16.1 Å². The summed E-state index contributed by atoms with van der Waals surface area (Å²) in [5.74, 6) is 0.537. The number of amides is 1. The number of piperidine rings is 1. The van der Waals surface area contributed by atoms with E-state index in [1.54, 1.807) is 4.90 Å². The lowest BCUT2D eigenvalue weighted by Gasteiger charge is -2.42. The minimum Gasteiger partial charge on any atom is -0.374 e. The van der Waals surface area contributed by atoms with E-state index in [2.05, 4.69) is 4.98 Å². The van der Waals surface area contributed by atoms with Crippen molar-refractivity contribution in [1.29, 1.82) is 0 Å². The molecule has 5 heterocycles. The molecule has 4 aliphatic rings. The largest absolute Gasteiger partial charge is 0.408 e. The molecule has 1 aromatic heterocycles. The van der Waals surface area contributed by atoms with Gasteiger partial charge in [-0.1, -0.05) is 0 Å². The predicted octanol–water partition coefficient (Wildman–Crippen LogP) is 1.62. The summed E-state index contributed by atoms with van der Waals surface area (Å²) in [6, 6.07) is -0.114. The zero-order valence-electron chi connectivity index (χ0n) is 18.1. The second-order valence-corrected chi connectivity index (χ2v) is 9.35. The lowest BCUT2D eigenvalue weighted by Crippen LogP contribution is -2.54. The standard InChI is InChI=1S/C21H28F3N5O3/c1-13(30)26-5-2-14(3-6-26)10-29-17(21(22,23)24)4-7-27-19(31)9-18(25-20(27)29)28-11-16-8-15(28)12-32-16/h9,14-17H,2-8,10-12H2,1H3/t15?,16?,17-/m0/s1. The van der Waals surface area contributed by atoms with Gasteiger partial charge < -0.3 is 19.4 Å². The normalized spacial score (nSPS) is 28.4. The second-order valence-electron chi connectivity index (χ2n) is 9.35. The molecule has 3 saturated heterocycles. The minimum absolute atomic E-state index is 0.0000684. The van der Waals surface area contributed by atoms with Crippen LogP contribution in [0.1, 0.15) is 32.6 Å². The third-order valence-electron chi connectivity index (χ3n) is 7.32. The first-order valence-electron chi connectivity index (χ1n) is 11.3. The van der Waals surface area contributed by atoms with E-state index >= 15 is 0 Å². The highest BCUT2D eigenvalue weighted by atomic mass is 19.4. The summed E-state index contributed by atoms with van der Waals surface area (Å²) in [5.41, 5.74) is -0.314. The first kappa shape index (κ1) is 21.5. The lowest BCUT2D eigenvalue weighted by atomic mass is 9.95. The third-order valence-corrected chi connectivity index (χ3v) is 7.32. The van der Waals surface area contributed by atoms with Crippen molar-refractivity contribution in [2.24, 2.45) is 5.92 Å². The molecule has 0 aromatic carbocycles. The highest BCUT2D eigenvalue weighted by Crippen LogP contribution is 2.37. The number of aromatic nitrogens is 2. The summed E-state index contributed by atoms with van der Waals surface area (Å²) in [6.45, 7) is 3.92. The quantitative estimate of drug-likeness (QED) is 0.690. The predicted molar refractivity (Wildman–Crippen MR) is 111 cm³/mol. The zero-order valence-corrected chi connectivity index (χ0v) is 18.1. The smallest absolute Gasteiger partial charge is 0.374 e. The van der Waals surface area contributed by atoms with Crippen LogP contribution in [0.3, 0.4) is 0 Å². The van der Waals surface area contributed by atoms with Gasteiger partial charge in [0.1, 0.15) is 11.9 Å². The van der Waals surface area contributed by atoms with Crippen molar-refractivity contribution in [3.8, 4) is 0 Å². The molecule has 2 bridgehead atoms. The number of carbonyl (C=O) groups excluding carboxylic acids is 1. The Morgan fingerprint density at radius 1 is 1.22 bits per heavy atom. The molecule has 3 fully saturated rings. The molecule has 8 nitrogen and oxygen atoms in total. The molecule has 2 unspecified atom stereocenters.